The number of nitrogens with zero attached hydrogens (tertiary/aromatic N) is 1. The molecule has 7 nitrogen and oxygen atoms in total. The Kier molecular flexibility index (Phi) is 16.0. The van der Waals surface area contributed by atoms with Crippen LogP contribution in [0.25, 0.3) is 0 Å². The first kappa shape index (κ1) is 32.4. The Hall–Kier alpha value is -1.63. The highest BCUT2D eigenvalue weighted by Crippen LogP contribution is 2.37. The van der Waals surface area contributed by atoms with Gasteiger partial charge >= 0.3 is 6.09 Å². The van der Waals surface area contributed by atoms with E-state index in [4.69, 9.17) is 10.5 Å². The summed E-state index contributed by atoms with van der Waals surface area (Å²) in [6, 6.07) is -0.857. The van der Waals surface area contributed by atoms with Crippen molar-refractivity contribution in [1.29, 1.82) is 0 Å². The summed E-state index contributed by atoms with van der Waals surface area (Å²) in [7, 11) is 0. The summed E-state index contributed by atoms with van der Waals surface area (Å²) in [6.07, 6.45) is 19.9. The van der Waals surface area contributed by atoms with Gasteiger partial charge in [0, 0.05) is 12.5 Å². The number of nitrogens with one attached hydrogen (secondary N) is 1. The van der Waals surface area contributed by atoms with Crippen LogP contribution in [-0.4, -0.2) is 41.1 Å². The molecule has 210 valence electrons. The molecule has 36 heavy (non-hydrogen) atoms. The molecule has 1 aliphatic heterocycles. The summed E-state index contributed by atoms with van der Waals surface area (Å²) in [5.41, 5.74) is 4.37. The fourth-order valence-electron chi connectivity index (χ4n) is 4.80. The van der Waals surface area contributed by atoms with Crippen molar-refractivity contribution in [3.8, 4) is 0 Å². The summed E-state index contributed by atoms with van der Waals surface area (Å²) in [4.78, 5) is 38.8. The Bertz CT molecular complexity index is 652. The number of hydrogen-bond acceptors (Lipinski definition) is 5. The number of unbranched alkanes of at least 4 members (excludes halogenated alkanes) is 15. The van der Waals surface area contributed by atoms with E-state index in [2.05, 4.69) is 12.2 Å². The number of ether oxygens (including phenoxy) is 1. The molecule has 0 aromatic rings. The van der Waals surface area contributed by atoms with Crippen LogP contribution in [0.1, 0.15) is 137 Å². The van der Waals surface area contributed by atoms with Gasteiger partial charge in [-0.2, -0.15) is 4.90 Å². The number of carbonyl (C=O) groups excluding carboxylic acids is 3. The molecule has 0 saturated carbocycles. The number of amides is 3. The largest absolute Gasteiger partial charge is 0.422 e. The van der Waals surface area contributed by atoms with Gasteiger partial charge in [-0.15, -0.1) is 0 Å². The molecule has 0 spiro atoms. The Labute approximate surface area is 220 Å². The molecule has 0 bridgehead atoms. The van der Waals surface area contributed by atoms with Gasteiger partial charge in [0.15, 0.2) is 0 Å². The van der Waals surface area contributed by atoms with Crippen molar-refractivity contribution in [1.82, 2.24) is 10.2 Å². The fourth-order valence-corrected chi connectivity index (χ4v) is 4.80. The molecule has 2 atom stereocenters. The van der Waals surface area contributed by atoms with Crippen molar-refractivity contribution in [2.75, 3.05) is 6.54 Å². The van der Waals surface area contributed by atoms with Crippen LogP contribution in [0, 0.1) is 11.8 Å². The van der Waals surface area contributed by atoms with Crippen LogP contribution in [0.3, 0.4) is 0 Å². The van der Waals surface area contributed by atoms with Crippen LogP contribution in [0.2, 0.25) is 0 Å². The molecule has 0 aliphatic carbocycles. The van der Waals surface area contributed by atoms with E-state index < -0.39 is 29.7 Å². The quantitative estimate of drug-likeness (QED) is 0.168. The van der Waals surface area contributed by atoms with Crippen molar-refractivity contribution in [3.05, 3.63) is 0 Å². The SMILES string of the molecule is CCCCCCCCCCCCCCCCCCNC(=O)[C@@]1(C(C)C)OC(=O)N1C(=O)[C@@H](N)C(C)C. The van der Waals surface area contributed by atoms with E-state index in [0.29, 0.717) is 6.54 Å². The monoisotopic (exact) mass is 509 g/mol. The highest BCUT2D eigenvalue weighted by atomic mass is 16.6. The maximum absolute atomic E-state index is 13.0. The minimum absolute atomic E-state index is 0.149. The van der Waals surface area contributed by atoms with Crippen molar-refractivity contribution in [2.45, 2.75) is 149 Å². The second kappa shape index (κ2) is 17.8. The van der Waals surface area contributed by atoms with Gasteiger partial charge in [0.05, 0.1) is 6.04 Å². The number of rotatable bonds is 21. The lowest BCUT2D eigenvalue weighted by molar-refractivity contribution is -0.215. The predicted molar refractivity (Wildman–Crippen MR) is 146 cm³/mol. The van der Waals surface area contributed by atoms with Gasteiger partial charge in [-0.3, -0.25) is 9.59 Å². The lowest BCUT2D eigenvalue weighted by atomic mass is 9.91. The molecule has 1 saturated heterocycles. The molecule has 7 heteroatoms. The van der Waals surface area contributed by atoms with E-state index in [1.807, 2.05) is 13.8 Å². The molecule has 1 rings (SSSR count). The van der Waals surface area contributed by atoms with Crippen LogP contribution in [0.15, 0.2) is 0 Å². The molecule has 1 fully saturated rings. The van der Waals surface area contributed by atoms with Crippen LogP contribution in [0.4, 0.5) is 4.79 Å². The third kappa shape index (κ3) is 10.0. The van der Waals surface area contributed by atoms with E-state index in [-0.39, 0.29) is 11.8 Å². The van der Waals surface area contributed by atoms with E-state index in [1.165, 1.54) is 83.5 Å². The van der Waals surface area contributed by atoms with Crippen molar-refractivity contribution in [3.63, 3.8) is 0 Å². The molecule has 3 amide bonds. The number of cyclic esters (lactones) is 1. The number of carbonyl (C=O) groups is 3. The predicted octanol–water partition coefficient (Wildman–Crippen LogP) is 6.68. The summed E-state index contributed by atoms with van der Waals surface area (Å²) < 4.78 is 5.30. The number of hydrogen-bond donors (Lipinski definition) is 2. The second-order valence-electron chi connectivity index (χ2n) is 11.2. The molecule has 1 heterocycles. The Balaban J connectivity index is 2.15. The number of imide groups is 1. The molecular formula is C29H55N3O4. The Morgan fingerprint density at radius 3 is 1.58 bits per heavy atom. The Morgan fingerprint density at radius 1 is 0.806 bits per heavy atom. The smallest absolute Gasteiger partial charge is 0.411 e. The van der Waals surface area contributed by atoms with Gasteiger partial charge < -0.3 is 15.8 Å². The molecule has 0 unspecified atom stereocenters. The molecule has 0 radical (unpaired) electrons. The van der Waals surface area contributed by atoms with Gasteiger partial charge in [0.25, 0.3) is 17.5 Å². The zero-order valence-corrected chi connectivity index (χ0v) is 23.9. The second-order valence-corrected chi connectivity index (χ2v) is 11.2. The third-order valence-corrected chi connectivity index (χ3v) is 7.41. The highest BCUT2D eigenvalue weighted by molar-refractivity contribution is 6.06. The minimum atomic E-state index is -1.60. The molecule has 3 N–H and O–H groups in total. The average molecular weight is 510 g/mol. The zero-order valence-electron chi connectivity index (χ0n) is 23.9. The minimum Gasteiger partial charge on any atom is -0.411 e. The summed E-state index contributed by atoms with van der Waals surface area (Å²) in [5.74, 6) is -1.54. The summed E-state index contributed by atoms with van der Waals surface area (Å²) in [5, 5.41) is 2.88. The van der Waals surface area contributed by atoms with Crippen LogP contribution < -0.4 is 11.1 Å². The van der Waals surface area contributed by atoms with Crippen LogP contribution >= 0.6 is 0 Å². The van der Waals surface area contributed by atoms with E-state index in [0.717, 1.165) is 24.2 Å². The standard InChI is InChI=1S/C29H55N3O4/c1-6-7-8-9-10-11-12-13-14-15-16-17-18-19-20-21-22-31-27(34)29(24(4)5)32(28(35)36-29)26(33)25(30)23(2)3/h23-25H,6-22,30H2,1-5H3,(H,31,34)/t25-,29+/m0/s1. The first-order chi connectivity index (χ1) is 17.2. The van der Waals surface area contributed by atoms with E-state index >= 15 is 0 Å². The molecular weight excluding hydrogens is 454 g/mol. The lowest BCUT2D eigenvalue weighted by Gasteiger charge is -2.50. The van der Waals surface area contributed by atoms with Crippen molar-refractivity contribution >= 4 is 17.9 Å². The number of nitrogens with two attached hydrogens (primary N) is 1. The fraction of sp³-hybridized carbons (Fsp3) is 0.897. The summed E-state index contributed by atoms with van der Waals surface area (Å²) >= 11 is 0. The topological polar surface area (TPSA) is 102 Å². The lowest BCUT2D eigenvalue weighted by Crippen LogP contribution is -2.77. The Morgan fingerprint density at radius 2 is 1.22 bits per heavy atom. The van der Waals surface area contributed by atoms with Crippen LogP contribution in [-0.2, 0) is 14.3 Å². The van der Waals surface area contributed by atoms with E-state index in [9.17, 15) is 14.4 Å². The first-order valence-corrected chi connectivity index (χ1v) is 14.8. The van der Waals surface area contributed by atoms with Gasteiger partial charge in [-0.25, -0.2) is 4.79 Å². The first-order valence-electron chi connectivity index (χ1n) is 14.8. The van der Waals surface area contributed by atoms with Gasteiger partial charge in [-0.05, 0) is 12.3 Å². The maximum Gasteiger partial charge on any atom is 0.422 e. The molecule has 0 aromatic carbocycles. The summed E-state index contributed by atoms with van der Waals surface area (Å²) in [6.45, 7) is 9.91. The normalized spacial score (nSPS) is 18.3. The molecule has 1 aliphatic rings. The third-order valence-electron chi connectivity index (χ3n) is 7.41. The highest BCUT2D eigenvalue weighted by Gasteiger charge is 2.65. The molecule has 0 aromatic heterocycles. The van der Waals surface area contributed by atoms with Gasteiger partial charge in [0.2, 0.25) is 0 Å². The van der Waals surface area contributed by atoms with Crippen molar-refractivity contribution in [2.24, 2.45) is 17.6 Å². The average Bonchev–Trinajstić information content (AvgIpc) is 2.83. The van der Waals surface area contributed by atoms with Crippen LogP contribution in [0.5, 0.6) is 0 Å². The maximum atomic E-state index is 13.0. The van der Waals surface area contributed by atoms with Gasteiger partial charge in [0.1, 0.15) is 0 Å². The zero-order chi connectivity index (χ0) is 27.0. The van der Waals surface area contributed by atoms with Crippen molar-refractivity contribution < 1.29 is 19.1 Å². The van der Waals surface area contributed by atoms with E-state index in [1.54, 1.807) is 13.8 Å². The van der Waals surface area contributed by atoms with Gasteiger partial charge in [-0.1, -0.05) is 131 Å².